The number of halogens is 1. The Morgan fingerprint density at radius 1 is 1.41 bits per heavy atom. The molecule has 0 amide bonds. The summed E-state index contributed by atoms with van der Waals surface area (Å²) in [5.41, 5.74) is 1.14. The highest BCUT2D eigenvalue weighted by Crippen LogP contribution is 2.32. The number of benzene rings is 1. The van der Waals surface area contributed by atoms with Gasteiger partial charge in [0.15, 0.2) is 0 Å². The van der Waals surface area contributed by atoms with E-state index in [0.717, 1.165) is 22.8 Å². The van der Waals surface area contributed by atoms with E-state index < -0.39 is 0 Å². The van der Waals surface area contributed by atoms with Crippen LogP contribution in [0.25, 0.3) is 0 Å². The van der Waals surface area contributed by atoms with Gasteiger partial charge in [0.05, 0.1) is 7.11 Å². The second kappa shape index (κ2) is 6.87. The van der Waals surface area contributed by atoms with Crippen LogP contribution in [0, 0.1) is 5.92 Å². The van der Waals surface area contributed by atoms with E-state index in [2.05, 4.69) is 19.2 Å². The van der Waals surface area contributed by atoms with Crippen molar-refractivity contribution in [2.75, 3.05) is 14.2 Å². The zero-order valence-corrected chi connectivity index (χ0v) is 11.8. The first-order valence-electron chi connectivity index (χ1n) is 6.13. The molecule has 0 saturated carbocycles. The predicted molar refractivity (Wildman–Crippen MR) is 73.9 cm³/mol. The maximum absolute atomic E-state index is 6.06. The van der Waals surface area contributed by atoms with Gasteiger partial charge in [-0.3, -0.25) is 0 Å². The average Bonchev–Trinajstić information content (AvgIpc) is 2.35. The number of hydrogen-bond acceptors (Lipinski definition) is 2. The molecular formula is C14H22ClNO. The van der Waals surface area contributed by atoms with Crippen molar-refractivity contribution in [3.05, 3.63) is 28.8 Å². The SMILES string of the molecule is CCC(C)CC(NC)c1cc(Cl)ccc1OC. The number of rotatable bonds is 6. The molecule has 0 spiro atoms. The minimum absolute atomic E-state index is 0.290. The molecule has 0 aliphatic rings. The lowest BCUT2D eigenvalue weighted by atomic mass is 9.94. The molecule has 1 rings (SSSR count). The van der Waals surface area contributed by atoms with Crippen LogP contribution in [0.2, 0.25) is 5.02 Å². The lowest BCUT2D eigenvalue weighted by Crippen LogP contribution is -2.19. The van der Waals surface area contributed by atoms with E-state index in [0.29, 0.717) is 12.0 Å². The molecule has 0 aliphatic carbocycles. The fraction of sp³-hybridized carbons (Fsp3) is 0.571. The van der Waals surface area contributed by atoms with Gasteiger partial charge in [0.1, 0.15) is 5.75 Å². The second-order valence-corrected chi connectivity index (χ2v) is 4.91. The zero-order chi connectivity index (χ0) is 12.8. The Hall–Kier alpha value is -0.730. The Morgan fingerprint density at radius 3 is 2.65 bits per heavy atom. The summed E-state index contributed by atoms with van der Waals surface area (Å²) in [5, 5.41) is 4.10. The molecule has 2 nitrogen and oxygen atoms in total. The second-order valence-electron chi connectivity index (χ2n) is 4.48. The molecule has 1 N–H and O–H groups in total. The van der Waals surface area contributed by atoms with E-state index in [9.17, 15) is 0 Å². The standard InChI is InChI=1S/C14H22ClNO/c1-5-10(2)8-13(16-3)12-9-11(15)6-7-14(12)17-4/h6-7,9-10,13,16H,5,8H2,1-4H3. The maximum atomic E-state index is 6.06. The molecule has 17 heavy (non-hydrogen) atoms. The Kier molecular flexibility index (Phi) is 5.79. The molecular weight excluding hydrogens is 234 g/mol. The lowest BCUT2D eigenvalue weighted by molar-refractivity contribution is 0.380. The van der Waals surface area contributed by atoms with Crippen molar-refractivity contribution in [1.29, 1.82) is 0 Å². The van der Waals surface area contributed by atoms with E-state index in [1.54, 1.807) is 7.11 Å². The van der Waals surface area contributed by atoms with E-state index in [-0.39, 0.29) is 0 Å². The van der Waals surface area contributed by atoms with Gasteiger partial charge in [-0.25, -0.2) is 0 Å². The molecule has 0 saturated heterocycles. The molecule has 1 aromatic carbocycles. The summed E-state index contributed by atoms with van der Waals surface area (Å²) in [6.07, 6.45) is 2.27. The zero-order valence-electron chi connectivity index (χ0n) is 11.1. The van der Waals surface area contributed by atoms with Crippen molar-refractivity contribution in [2.45, 2.75) is 32.7 Å². The van der Waals surface area contributed by atoms with Gasteiger partial charge in [0, 0.05) is 16.6 Å². The van der Waals surface area contributed by atoms with Crippen LogP contribution in [0.5, 0.6) is 5.75 Å². The van der Waals surface area contributed by atoms with Gasteiger partial charge in [0.25, 0.3) is 0 Å². The Morgan fingerprint density at radius 2 is 2.12 bits per heavy atom. The van der Waals surface area contributed by atoms with Crippen LogP contribution in [-0.2, 0) is 0 Å². The minimum atomic E-state index is 0.290. The third-order valence-corrected chi connectivity index (χ3v) is 3.49. The number of nitrogens with one attached hydrogen (secondary N) is 1. The molecule has 1 aromatic rings. The van der Waals surface area contributed by atoms with Gasteiger partial charge in [-0.1, -0.05) is 31.9 Å². The van der Waals surface area contributed by atoms with Crippen LogP contribution >= 0.6 is 11.6 Å². The van der Waals surface area contributed by atoms with Gasteiger partial charge in [-0.05, 0) is 37.6 Å². The van der Waals surface area contributed by atoms with Crippen LogP contribution in [0.15, 0.2) is 18.2 Å². The largest absolute Gasteiger partial charge is 0.496 e. The predicted octanol–water partition coefficient (Wildman–Crippen LogP) is 4.05. The van der Waals surface area contributed by atoms with Crippen molar-refractivity contribution >= 4 is 11.6 Å². The summed E-state index contributed by atoms with van der Waals surface area (Å²) < 4.78 is 5.40. The summed E-state index contributed by atoms with van der Waals surface area (Å²) >= 11 is 6.06. The molecule has 0 radical (unpaired) electrons. The molecule has 0 bridgehead atoms. The smallest absolute Gasteiger partial charge is 0.123 e. The molecule has 2 unspecified atom stereocenters. The normalized spacial score (nSPS) is 14.4. The molecule has 0 aliphatic heterocycles. The van der Waals surface area contributed by atoms with Crippen LogP contribution in [-0.4, -0.2) is 14.2 Å². The highest BCUT2D eigenvalue weighted by atomic mass is 35.5. The van der Waals surface area contributed by atoms with Crippen LogP contribution in [0.1, 0.15) is 38.3 Å². The first-order chi connectivity index (χ1) is 8.12. The van der Waals surface area contributed by atoms with Crippen molar-refractivity contribution < 1.29 is 4.74 Å². The Balaban J connectivity index is 2.97. The molecule has 0 fully saturated rings. The van der Waals surface area contributed by atoms with Crippen LogP contribution in [0.4, 0.5) is 0 Å². The summed E-state index contributed by atoms with van der Waals surface area (Å²) in [4.78, 5) is 0. The Bertz CT molecular complexity index is 354. The third kappa shape index (κ3) is 3.90. The van der Waals surface area contributed by atoms with Crippen LogP contribution < -0.4 is 10.1 Å². The van der Waals surface area contributed by atoms with Crippen molar-refractivity contribution in [3.63, 3.8) is 0 Å². The fourth-order valence-corrected chi connectivity index (χ4v) is 2.13. The number of methoxy groups -OCH3 is 1. The third-order valence-electron chi connectivity index (χ3n) is 3.25. The van der Waals surface area contributed by atoms with E-state index in [1.807, 2.05) is 25.2 Å². The fourth-order valence-electron chi connectivity index (χ4n) is 1.95. The molecule has 96 valence electrons. The summed E-state index contributed by atoms with van der Waals surface area (Å²) in [5.74, 6) is 1.58. The first kappa shape index (κ1) is 14.3. The Labute approximate surface area is 109 Å². The monoisotopic (exact) mass is 255 g/mol. The summed E-state index contributed by atoms with van der Waals surface area (Å²) in [7, 11) is 3.68. The topological polar surface area (TPSA) is 21.3 Å². The maximum Gasteiger partial charge on any atom is 0.123 e. The highest BCUT2D eigenvalue weighted by Gasteiger charge is 2.17. The van der Waals surface area contributed by atoms with E-state index in [4.69, 9.17) is 16.3 Å². The van der Waals surface area contributed by atoms with Gasteiger partial charge in [-0.15, -0.1) is 0 Å². The molecule has 2 atom stereocenters. The van der Waals surface area contributed by atoms with E-state index in [1.165, 1.54) is 6.42 Å². The molecule has 0 heterocycles. The minimum Gasteiger partial charge on any atom is -0.496 e. The van der Waals surface area contributed by atoms with Gasteiger partial charge in [-0.2, -0.15) is 0 Å². The van der Waals surface area contributed by atoms with Crippen molar-refractivity contribution in [2.24, 2.45) is 5.92 Å². The van der Waals surface area contributed by atoms with Gasteiger partial charge >= 0.3 is 0 Å². The highest BCUT2D eigenvalue weighted by molar-refractivity contribution is 6.30. The summed E-state index contributed by atoms with van der Waals surface area (Å²) in [6, 6.07) is 6.07. The molecule has 3 heteroatoms. The number of ether oxygens (including phenoxy) is 1. The number of hydrogen-bond donors (Lipinski definition) is 1. The van der Waals surface area contributed by atoms with Gasteiger partial charge in [0.2, 0.25) is 0 Å². The van der Waals surface area contributed by atoms with Crippen molar-refractivity contribution in [3.8, 4) is 5.75 Å². The van der Waals surface area contributed by atoms with Crippen LogP contribution in [0.3, 0.4) is 0 Å². The van der Waals surface area contributed by atoms with E-state index >= 15 is 0 Å². The lowest BCUT2D eigenvalue weighted by Gasteiger charge is -2.22. The average molecular weight is 256 g/mol. The molecule has 0 aromatic heterocycles. The summed E-state index contributed by atoms with van der Waals surface area (Å²) in [6.45, 7) is 4.48. The van der Waals surface area contributed by atoms with Gasteiger partial charge < -0.3 is 10.1 Å². The quantitative estimate of drug-likeness (QED) is 0.828. The van der Waals surface area contributed by atoms with Crippen molar-refractivity contribution in [1.82, 2.24) is 5.32 Å². The first-order valence-corrected chi connectivity index (χ1v) is 6.50.